The second-order valence-corrected chi connectivity index (χ2v) is 5.25. The van der Waals surface area contributed by atoms with Gasteiger partial charge in [0.2, 0.25) is 5.28 Å². The maximum atomic E-state index is 9.04. The number of aromatic nitrogens is 2. The van der Waals surface area contributed by atoms with E-state index in [0.717, 1.165) is 4.90 Å². The molecular weight excluding hydrogens is 289 g/mol. The molecule has 0 N–H and O–H groups in total. The van der Waals surface area contributed by atoms with E-state index >= 15 is 0 Å². The number of nitrogens with zero attached hydrogens (tertiary/aromatic N) is 3. The van der Waals surface area contributed by atoms with E-state index in [0.29, 0.717) is 5.03 Å². The van der Waals surface area contributed by atoms with E-state index in [1.807, 2.05) is 37.3 Å². The van der Waals surface area contributed by atoms with Gasteiger partial charge in [0.15, 0.2) is 5.15 Å². The van der Waals surface area contributed by atoms with E-state index in [4.69, 9.17) is 28.5 Å². The smallest absolute Gasteiger partial charge is 0.210 e. The van der Waals surface area contributed by atoms with Crippen molar-refractivity contribution in [2.75, 3.05) is 0 Å². The number of benzene rings is 1. The molecule has 0 aliphatic carbocycles. The average molecular weight is 296 g/mol. The van der Waals surface area contributed by atoms with Crippen molar-refractivity contribution in [3.05, 3.63) is 45.8 Å². The van der Waals surface area contributed by atoms with Gasteiger partial charge in [0.05, 0.1) is 0 Å². The standard InChI is InChI=1S/C12H7Cl2N3S/c1-7-2-4-8(5-3-7)18-11-9(6-15)10(13)16-12(14)17-11/h2-5H,1H3. The Labute approximate surface area is 119 Å². The van der Waals surface area contributed by atoms with Crippen LogP contribution in [0.25, 0.3) is 0 Å². The number of nitriles is 1. The fourth-order valence-electron chi connectivity index (χ4n) is 1.28. The first kappa shape index (κ1) is 13.2. The van der Waals surface area contributed by atoms with Gasteiger partial charge in [-0.2, -0.15) is 5.26 Å². The minimum Gasteiger partial charge on any atom is -0.210 e. The molecule has 2 aromatic rings. The van der Waals surface area contributed by atoms with Crippen LogP contribution in [0.15, 0.2) is 34.2 Å². The molecule has 18 heavy (non-hydrogen) atoms. The van der Waals surface area contributed by atoms with Gasteiger partial charge in [-0.1, -0.05) is 41.1 Å². The summed E-state index contributed by atoms with van der Waals surface area (Å²) in [6.45, 7) is 2.01. The summed E-state index contributed by atoms with van der Waals surface area (Å²) in [6, 6.07) is 9.86. The van der Waals surface area contributed by atoms with Crippen LogP contribution in [0.5, 0.6) is 0 Å². The van der Waals surface area contributed by atoms with Gasteiger partial charge in [-0.05, 0) is 30.7 Å². The maximum absolute atomic E-state index is 9.04. The highest BCUT2D eigenvalue weighted by Crippen LogP contribution is 2.32. The van der Waals surface area contributed by atoms with Crippen molar-refractivity contribution in [1.29, 1.82) is 5.26 Å². The summed E-state index contributed by atoms with van der Waals surface area (Å²) < 4.78 is 0. The summed E-state index contributed by atoms with van der Waals surface area (Å²) in [5.41, 5.74) is 1.41. The van der Waals surface area contributed by atoms with Gasteiger partial charge in [0.25, 0.3) is 0 Å². The summed E-state index contributed by atoms with van der Waals surface area (Å²) >= 11 is 12.9. The molecule has 3 nitrogen and oxygen atoms in total. The van der Waals surface area contributed by atoms with E-state index in [-0.39, 0.29) is 16.0 Å². The van der Waals surface area contributed by atoms with E-state index < -0.39 is 0 Å². The summed E-state index contributed by atoms with van der Waals surface area (Å²) in [6.07, 6.45) is 0. The predicted molar refractivity (Wildman–Crippen MR) is 72.1 cm³/mol. The molecule has 2 rings (SSSR count). The summed E-state index contributed by atoms with van der Waals surface area (Å²) in [5.74, 6) is 0. The molecule has 90 valence electrons. The summed E-state index contributed by atoms with van der Waals surface area (Å²) in [5, 5.41) is 9.62. The van der Waals surface area contributed by atoms with Crippen molar-refractivity contribution in [3.8, 4) is 6.07 Å². The number of halogens is 2. The molecule has 1 aromatic heterocycles. The second-order valence-electron chi connectivity index (χ2n) is 3.49. The van der Waals surface area contributed by atoms with Gasteiger partial charge in [0.1, 0.15) is 16.7 Å². The zero-order valence-corrected chi connectivity index (χ0v) is 11.6. The van der Waals surface area contributed by atoms with E-state index in [9.17, 15) is 0 Å². The van der Waals surface area contributed by atoms with Gasteiger partial charge in [-0.15, -0.1) is 0 Å². The van der Waals surface area contributed by atoms with Crippen molar-refractivity contribution in [2.45, 2.75) is 16.8 Å². The van der Waals surface area contributed by atoms with Crippen LogP contribution in [-0.4, -0.2) is 9.97 Å². The SMILES string of the molecule is Cc1ccc(Sc2nc(Cl)nc(Cl)c2C#N)cc1. The predicted octanol–water partition coefficient (Wildman–Crippen LogP) is 4.11. The molecular formula is C12H7Cl2N3S. The van der Waals surface area contributed by atoms with Crippen molar-refractivity contribution in [1.82, 2.24) is 9.97 Å². The molecule has 0 unspecified atom stereocenters. The Bertz CT molecular complexity index is 620. The van der Waals surface area contributed by atoms with E-state index in [1.54, 1.807) is 0 Å². The van der Waals surface area contributed by atoms with Gasteiger partial charge < -0.3 is 0 Å². The summed E-state index contributed by atoms with van der Waals surface area (Å²) in [4.78, 5) is 8.74. The van der Waals surface area contributed by atoms with Crippen LogP contribution in [-0.2, 0) is 0 Å². The molecule has 1 heterocycles. The van der Waals surface area contributed by atoms with Gasteiger partial charge >= 0.3 is 0 Å². The lowest BCUT2D eigenvalue weighted by Crippen LogP contribution is -1.93. The van der Waals surface area contributed by atoms with Crippen LogP contribution < -0.4 is 0 Å². The highest BCUT2D eigenvalue weighted by Gasteiger charge is 2.13. The second kappa shape index (κ2) is 5.57. The van der Waals surface area contributed by atoms with Crippen LogP contribution in [0, 0.1) is 18.3 Å². The third-order valence-corrected chi connectivity index (χ3v) is 3.59. The summed E-state index contributed by atoms with van der Waals surface area (Å²) in [7, 11) is 0. The van der Waals surface area contributed by atoms with Gasteiger partial charge in [0, 0.05) is 4.90 Å². The average Bonchev–Trinajstić information content (AvgIpc) is 2.32. The first-order valence-electron chi connectivity index (χ1n) is 4.98. The topological polar surface area (TPSA) is 49.6 Å². The Morgan fingerprint density at radius 1 is 1.17 bits per heavy atom. The van der Waals surface area contributed by atoms with Gasteiger partial charge in [-0.3, -0.25) is 0 Å². The Kier molecular flexibility index (Phi) is 4.07. The zero-order chi connectivity index (χ0) is 13.1. The largest absolute Gasteiger partial charge is 0.224 e. The van der Waals surface area contributed by atoms with Crippen molar-refractivity contribution in [2.24, 2.45) is 0 Å². The Morgan fingerprint density at radius 2 is 1.83 bits per heavy atom. The van der Waals surface area contributed by atoms with Crippen LogP contribution in [0.4, 0.5) is 0 Å². The molecule has 0 fully saturated rings. The number of aryl methyl sites for hydroxylation is 1. The molecule has 0 aliphatic heterocycles. The normalized spacial score (nSPS) is 10.1. The highest BCUT2D eigenvalue weighted by molar-refractivity contribution is 7.99. The monoisotopic (exact) mass is 295 g/mol. The fourth-order valence-corrected chi connectivity index (χ4v) is 2.68. The molecule has 6 heteroatoms. The highest BCUT2D eigenvalue weighted by atomic mass is 35.5. The molecule has 0 saturated carbocycles. The van der Waals surface area contributed by atoms with E-state index in [2.05, 4.69) is 9.97 Å². The van der Waals surface area contributed by atoms with Crippen LogP contribution in [0.3, 0.4) is 0 Å². The third kappa shape index (κ3) is 2.94. The fraction of sp³-hybridized carbons (Fsp3) is 0.0833. The van der Waals surface area contributed by atoms with Crippen molar-refractivity contribution in [3.63, 3.8) is 0 Å². The molecule has 0 aliphatic rings. The molecule has 0 amide bonds. The lowest BCUT2D eigenvalue weighted by Gasteiger charge is -2.04. The lowest BCUT2D eigenvalue weighted by molar-refractivity contribution is 1.03. The number of hydrogen-bond acceptors (Lipinski definition) is 4. The lowest BCUT2D eigenvalue weighted by atomic mass is 10.2. The Balaban J connectivity index is 2.40. The van der Waals surface area contributed by atoms with Crippen molar-refractivity contribution >= 4 is 35.0 Å². The van der Waals surface area contributed by atoms with Crippen molar-refractivity contribution < 1.29 is 0 Å². The van der Waals surface area contributed by atoms with Crippen LogP contribution >= 0.6 is 35.0 Å². The Hall–Kier alpha value is -1.28. The minimum atomic E-state index is 0.0358. The minimum absolute atomic E-state index is 0.0358. The zero-order valence-electron chi connectivity index (χ0n) is 9.32. The molecule has 0 bridgehead atoms. The molecule has 0 radical (unpaired) electrons. The third-order valence-electron chi connectivity index (χ3n) is 2.15. The molecule has 0 atom stereocenters. The van der Waals surface area contributed by atoms with E-state index in [1.165, 1.54) is 17.3 Å². The quantitative estimate of drug-likeness (QED) is 0.618. The first-order chi connectivity index (χ1) is 8.60. The molecule has 0 saturated heterocycles. The maximum Gasteiger partial charge on any atom is 0.224 e. The Morgan fingerprint density at radius 3 is 2.44 bits per heavy atom. The number of rotatable bonds is 2. The first-order valence-corrected chi connectivity index (χ1v) is 6.55. The van der Waals surface area contributed by atoms with Gasteiger partial charge in [-0.25, -0.2) is 9.97 Å². The number of hydrogen-bond donors (Lipinski definition) is 0. The van der Waals surface area contributed by atoms with Crippen LogP contribution in [0.2, 0.25) is 10.4 Å². The molecule has 1 aromatic carbocycles. The van der Waals surface area contributed by atoms with Crippen LogP contribution in [0.1, 0.15) is 11.1 Å². The molecule has 0 spiro atoms.